The van der Waals surface area contributed by atoms with Crippen molar-refractivity contribution in [2.75, 3.05) is 13.3 Å². The van der Waals surface area contributed by atoms with Gasteiger partial charge < -0.3 is 14.4 Å². The maximum absolute atomic E-state index is 13.6. The fourth-order valence-electron chi connectivity index (χ4n) is 6.83. The van der Waals surface area contributed by atoms with Gasteiger partial charge in [-0.3, -0.25) is 4.79 Å². The third kappa shape index (κ3) is 2.09. The van der Waals surface area contributed by atoms with Crippen molar-refractivity contribution < 1.29 is 14.3 Å². The maximum atomic E-state index is 13.6. The Kier molecular flexibility index (Phi) is 2.85. The lowest BCUT2D eigenvalue weighted by atomic mass is 9.49. The summed E-state index contributed by atoms with van der Waals surface area (Å²) < 4.78 is 11.0. The first kappa shape index (κ1) is 14.5. The summed E-state index contributed by atoms with van der Waals surface area (Å²) in [4.78, 5) is 15.7. The Labute approximate surface area is 148 Å². The largest absolute Gasteiger partial charge is 0.454 e. The Balaban J connectivity index is 1.28. The van der Waals surface area contributed by atoms with Crippen LogP contribution in [0.2, 0.25) is 0 Å². The Morgan fingerprint density at radius 3 is 2.20 bits per heavy atom. The van der Waals surface area contributed by atoms with E-state index in [9.17, 15) is 4.79 Å². The van der Waals surface area contributed by atoms with Gasteiger partial charge in [0.25, 0.3) is 0 Å². The van der Waals surface area contributed by atoms with E-state index < -0.39 is 0 Å². The molecule has 132 valence electrons. The highest BCUT2D eigenvalue weighted by atomic mass is 16.7. The van der Waals surface area contributed by atoms with Crippen LogP contribution in [0.3, 0.4) is 0 Å². The van der Waals surface area contributed by atoms with Crippen molar-refractivity contribution in [1.82, 2.24) is 4.90 Å². The highest BCUT2D eigenvalue weighted by molar-refractivity contribution is 5.83. The summed E-state index contributed by atoms with van der Waals surface area (Å²) in [5.41, 5.74) is 2.54. The normalized spacial score (nSPS) is 37.3. The molecule has 1 aromatic rings. The molecule has 0 radical (unpaired) electrons. The summed E-state index contributed by atoms with van der Waals surface area (Å²) in [5, 5.41) is 0. The second-order valence-electron chi connectivity index (χ2n) is 9.15. The molecule has 0 spiro atoms. The Morgan fingerprint density at radius 1 is 0.960 bits per heavy atom. The maximum Gasteiger partial charge on any atom is 0.231 e. The number of benzene rings is 1. The number of amides is 1. The second kappa shape index (κ2) is 4.93. The number of carbonyl (C=O) groups is 1. The lowest BCUT2D eigenvalue weighted by Gasteiger charge is -2.56. The summed E-state index contributed by atoms with van der Waals surface area (Å²) >= 11 is 0. The molecule has 25 heavy (non-hydrogen) atoms. The van der Waals surface area contributed by atoms with Gasteiger partial charge in [-0.25, -0.2) is 0 Å². The molecule has 0 aromatic heterocycles. The number of nitrogens with zero attached hydrogens (tertiary/aromatic N) is 1. The number of ether oxygens (including phenoxy) is 2. The minimum Gasteiger partial charge on any atom is -0.454 e. The standard InChI is InChI=1S/C21H25NO3/c23-20(21-8-13-3-14(9-21)5-15(4-13)10-21)22-2-1-16-6-18-19(25-12-24-18)7-17(16)11-22/h6-7,13-15H,1-5,8-12H2. The molecule has 7 rings (SSSR count). The molecule has 2 heterocycles. The van der Waals surface area contributed by atoms with Gasteiger partial charge in [-0.2, -0.15) is 0 Å². The van der Waals surface area contributed by atoms with E-state index in [4.69, 9.17) is 9.47 Å². The summed E-state index contributed by atoms with van der Waals surface area (Å²) in [7, 11) is 0. The molecule has 4 bridgehead atoms. The van der Waals surface area contributed by atoms with Gasteiger partial charge in [0.05, 0.1) is 5.41 Å². The van der Waals surface area contributed by atoms with E-state index in [1.54, 1.807) is 0 Å². The third-order valence-electron chi connectivity index (χ3n) is 7.49. The van der Waals surface area contributed by atoms with E-state index >= 15 is 0 Å². The average Bonchev–Trinajstić information content (AvgIpc) is 3.04. The van der Waals surface area contributed by atoms with Crippen molar-refractivity contribution in [3.05, 3.63) is 23.3 Å². The molecule has 0 atom stereocenters. The molecule has 4 nitrogen and oxygen atoms in total. The molecule has 0 unspecified atom stereocenters. The molecule has 0 saturated heterocycles. The van der Waals surface area contributed by atoms with Crippen LogP contribution in [0.4, 0.5) is 0 Å². The zero-order valence-corrected chi connectivity index (χ0v) is 14.6. The van der Waals surface area contributed by atoms with Crippen LogP contribution >= 0.6 is 0 Å². The van der Waals surface area contributed by atoms with E-state index in [0.29, 0.717) is 12.7 Å². The number of carbonyl (C=O) groups excluding carboxylic acids is 1. The van der Waals surface area contributed by atoms with E-state index in [1.165, 1.54) is 30.4 Å². The highest BCUT2D eigenvalue weighted by Gasteiger charge is 2.55. The molecule has 4 saturated carbocycles. The SMILES string of the molecule is O=C(N1CCc2cc3c(cc2C1)OCO3)C12CC3CC(CC(C3)C1)C2. The molecular formula is C21H25NO3. The summed E-state index contributed by atoms with van der Waals surface area (Å²) in [6.45, 7) is 1.91. The van der Waals surface area contributed by atoms with Crippen LogP contribution in [0.15, 0.2) is 12.1 Å². The zero-order chi connectivity index (χ0) is 16.6. The monoisotopic (exact) mass is 339 g/mol. The third-order valence-corrected chi connectivity index (χ3v) is 7.49. The molecule has 4 aliphatic carbocycles. The van der Waals surface area contributed by atoms with Crippen LogP contribution in [0.5, 0.6) is 11.5 Å². The van der Waals surface area contributed by atoms with Gasteiger partial charge in [-0.1, -0.05) is 0 Å². The van der Waals surface area contributed by atoms with Crippen LogP contribution in [0, 0.1) is 23.2 Å². The first-order valence-electron chi connectivity index (χ1n) is 9.89. The number of fused-ring (bicyclic) bond motifs is 2. The second-order valence-corrected chi connectivity index (χ2v) is 9.15. The molecule has 4 heteroatoms. The lowest BCUT2D eigenvalue weighted by Crippen LogP contribution is -2.55. The molecule has 2 aliphatic heterocycles. The van der Waals surface area contributed by atoms with Crippen molar-refractivity contribution in [2.24, 2.45) is 23.2 Å². The van der Waals surface area contributed by atoms with Gasteiger partial charge >= 0.3 is 0 Å². The summed E-state index contributed by atoms with van der Waals surface area (Å²) in [6.07, 6.45) is 8.56. The van der Waals surface area contributed by atoms with E-state index in [0.717, 1.165) is 68.0 Å². The first-order chi connectivity index (χ1) is 12.2. The highest BCUT2D eigenvalue weighted by Crippen LogP contribution is 2.60. The van der Waals surface area contributed by atoms with E-state index in [2.05, 4.69) is 17.0 Å². The molecule has 1 aromatic carbocycles. The van der Waals surface area contributed by atoms with Crippen molar-refractivity contribution in [3.63, 3.8) is 0 Å². The fourth-order valence-corrected chi connectivity index (χ4v) is 6.83. The van der Waals surface area contributed by atoms with Crippen molar-refractivity contribution in [1.29, 1.82) is 0 Å². The summed E-state index contributed by atoms with van der Waals surface area (Å²) in [6, 6.07) is 4.21. The summed E-state index contributed by atoms with van der Waals surface area (Å²) in [5.74, 6) is 4.61. The van der Waals surface area contributed by atoms with Gasteiger partial charge in [-0.05, 0) is 86.0 Å². The number of hydrogen-bond donors (Lipinski definition) is 0. The zero-order valence-electron chi connectivity index (χ0n) is 14.6. The molecule has 4 fully saturated rings. The van der Waals surface area contributed by atoms with Gasteiger partial charge in [0.15, 0.2) is 11.5 Å². The fraction of sp³-hybridized carbons (Fsp3) is 0.667. The Hall–Kier alpha value is -1.71. The van der Waals surface area contributed by atoms with Gasteiger partial charge in [0.1, 0.15) is 0 Å². The predicted molar refractivity (Wildman–Crippen MR) is 92.3 cm³/mol. The molecule has 6 aliphatic rings. The molecule has 0 N–H and O–H groups in total. The van der Waals surface area contributed by atoms with Crippen LogP contribution < -0.4 is 9.47 Å². The van der Waals surface area contributed by atoms with Crippen LogP contribution in [-0.2, 0) is 17.8 Å². The van der Waals surface area contributed by atoms with Crippen molar-refractivity contribution >= 4 is 5.91 Å². The van der Waals surface area contributed by atoms with Crippen molar-refractivity contribution in [3.8, 4) is 11.5 Å². The van der Waals surface area contributed by atoms with Gasteiger partial charge in [-0.15, -0.1) is 0 Å². The average molecular weight is 339 g/mol. The Bertz CT molecular complexity index is 720. The van der Waals surface area contributed by atoms with Crippen LogP contribution in [0.1, 0.15) is 49.7 Å². The lowest BCUT2D eigenvalue weighted by molar-refractivity contribution is -0.158. The minimum absolute atomic E-state index is 0.0252. The topological polar surface area (TPSA) is 38.8 Å². The van der Waals surface area contributed by atoms with E-state index in [1.807, 2.05) is 0 Å². The first-order valence-corrected chi connectivity index (χ1v) is 9.89. The van der Waals surface area contributed by atoms with Crippen molar-refractivity contribution in [2.45, 2.75) is 51.5 Å². The number of rotatable bonds is 1. The molecular weight excluding hydrogens is 314 g/mol. The van der Waals surface area contributed by atoms with Crippen LogP contribution in [0.25, 0.3) is 0 Å². The van der Waals surface area contributed by atoms with E-state index in [-0.39, 0.29) is 5.41 Å². The van der Waals surface area contributed by atoms with Crippen LogP contribution in [-0.4, -0.2) is 24.1 Å². The van der Waals surface area contributed by atoms with Gasteiger partial charge in [0, 0.05) is 13.1 Å². The molecule has 1 amide bonds. The Morgan fingerprint density at radius 2 is 1.56 bits per heavy atom. The van der Waals surface area contributed by atoms with Gasteiger partial charge in [0.2, 0.25) is 12.7 Å². The smallest absolute Gasteiger partial charge is 0.231 e. The number of hydrogen-bond acceptors (Lipinski definition) is 3. The minimum atomic E-state index is -0.0252. The quantitative estimate of drug-likeness (QED) is 0.786. The predicted octanol–water partition coefficient (Wildman–Crippen LogP) is 3.52.